The first kappa shape index (κ1) is 24.3. The number of aryl methyl sites for hydroxylation is 1. The number of hydrogen-bond donors (Lipinski definition) is 1. The van der Waals surface area contributed by atoms with Crippen LogP contribution in [0.4, 0.5) is 5.82 Å². The maximum absolute atomic E-state index is 13.1. The molecule has 0 aliphatic rings. The number of pyridine rings is 1. The molecule has 1 N–H and O–H groups in total. The molecule has 0 amide bonds. The van der Waals surface area contributed by atoms with E-state index in [9.17, 15) is 4.79 Å². The summed E-state index contributed by atoms with van der Waals surface area (Å²) in [7, 11) is 0. The van der Waals surface area contributed by atoms with Crippen molar-refractivity contribution >= 4 is 17.4 Å². The third kappa shape index (κ3) is 5.12. The molecule has 5 aromatic rings. The number of imidazole rings is 1. The van der Waals surface area contributed by atoms with Crippen molar-refractivity contribution in [3.05, 3.63) is 119 Å². The first-order valence-electron chi connectivity index (χ1n) is 12.5. The second-order valence-electron chi connectivity index (χ2n) is 10.2. The van der Waals surface area contributed by atoms with Crippen molar-refractivity contribution in [3.63, 3.8) is 0 Å². The van der Waals surface area contributed by atoms with E-state index < -0.39 is 5.97 Å². The molecule has 3 aromatic carbocycles. The number of hydrogen-bond acceptors (Lipinski definition) is 4. The molecule has 2 aromatic heterocycles. The topological polar surface area (TPSA) is 55.6 Å². The molecule has 0 bridgehead atoms. The van der Waals surface area contributed by atoms with Crippen molar-refractivity contribution < 1.29 is 9.53 Å². The van der Waals surface area contributed by atoms with Gasteiger partial charge in [0.25, 0.3) is 0 Å². The van der Waals surface area contributed by atoms with Crippen LogP contribution in [-0.4, -0.2) is 15.4 Å². The fourth-order valence-electron chi connectivity index (χ4n) is 4.36. The highest BCUT2D eigenvalue weighted by Gasteiger charge is 2.21. The lowest BCUT2D eigenvalue weighted by molar-refractivity contribution is 0.0735. The molecule has 0 aliphatic carbocycles. The van der Waals surface area contributed by atoms with Crippen molar-refractivity contribution in [3.8, 4) is 17.0 Å². The van der Waals surface area contributed by atoms with Crippen LogP contribution in [0.2, 0.25) is 0 Å². The van der Waals surface area contributed by atoms with Crippen LogP contribution < -0.4 is 10.1 Å². The molecular weight excluding hydrogens is 458 g/mol. The van der Waals surface area contributed by atoms with Crippen LogP contribution in [0, 0.1) is 6.92 Å². The normalized spacial score (nSPS) is 11.5. The lowest BCUT2D eigenvalue weighted by Crippen LogP contribution is -2.13. The molecule has 0 spiro atoms. The zero-order valence-electron chi connectivity index (χ0n) is 21.7. The minimum absolute atomic E-state index is 0.0133. The number of fused-ring (bicyclic) bond motifs is 1. The van der Waals surface area contributed by atoms with E-state index in [-0.39, 0.29) is 5.41 Å². The smallest absolute Gasteiger partial charge is 0.343 e. The third-order valence-electron chi connectivity index (χ3n) is 6.48. The highest BCUT2D eigenvalue weighted by molar-refractivity contribution is 5.93. The van der Waals surface area contributed by atoms with Crippen molar-refractivity contribution in [2.24, 2.45) is 0 Å². The fourth-order valence-corrected chi connectivity index (χ4v) is 4.36. The van der Waals surface area contributed by atoms with Gasteiger partial charge in [-0.3, -0.25) is 4.40 Å². The summed E-state index contributed by atoms with van der Waals surface area (Å²) in [5, 5.41) is 3.57. The van der Waals surface area contributed by atoms with E-state index in [1.165, 1.54) is 5.56 Å². The fraction of sp³-hybridized carbons (Fsp3) is 0.188. The van der Waals surface area contributed by atoms with Gasteiger partial charge in [-0.05, 0) is 59.4 Å². The van der Waals surface area contributed by atoms with Crippen molar-refractivity contribution in [1.82, 2.24) is 9.38 Å². The third-order valence-corrected chi connectivity index (χ3v) is 6.48. The Bertz CT molecular complexity index is 1550. The van der Waals surface area contributed by atoms with E-state index in [1.807, 2.05) is 92.0 Å². The minimum Gasteiger partial charge on any atom is -0.422 e. The number of para-hydroxylation sites is 1. The summed E-state index contributed by atoms with van der Waals surface area (Å²) in [5.41, 5.74) is 6.25. The highest BCUT2D eigenvalue weighted by Crippen LogP contribution is 2.36. The zero-order chi connectivity index (χ0) is 26.0. The van der Waals surface area contributed by atoms with Crippen LogP contribution in [0.15, 0.2) is 97.2 Å². The summed E-state index contributed by atoms with van der Waals surface area (Å²) in [6, 6.07) is 29.5. The van der Waals surface area contributed by atoms with Gasteiger partial charge in [0.1, 0.15) is 22.9 Å². The Morgan fingerprint density at radius 1 is 0.892 bits per heavy atom. The van der Waals surface area contributed by atoms with Crippen molar-refractivity contribution in [1.29, 1.82) is 0 Å². The molecule has 37 heavy (non-hydrogen) atoms. The average Bonchev–Trinajstić information content (AvgIpc) is 3.27. The second kappa shape index (κ2) is 9.94. The summed E-state index contributed by atoms with van der Waals surface area (Å²) >= 11 is 0. The molecular formula is C32H31N3O2. The highest BCUT2D eigenvalue weighted by atomic mass is 16.5. The van der Waals surface area contributed by atoms with Crippen molar-refractivity contribution in [2.45, 2.75) is 39.7 Å². The van der Waals surface area contributed by atoms with E-state index in [0.29, 0.717) is 17.9 Å². The maximum atomic E-state index is 13.1. The van der Waals surface area contributed by atoms with Crippen LogP contribution >= 0.6 is 0 Å². The van der Waals surface area contributed by atoms with Gasteiger partial charge in [-0.25, -0.2) is 9.78 Å². The Balaban J connectivity index is 1.51. The molecule has 0 fully saturated rings. The van der Waals surface area contributed by atoms with Gasteiger partial charge in [0.05, 0.1) is 5.56 Å². The summed E-state index contributed by atoms with van der Waals surface area (Å²) in [5.74, 6) is 0.920. The first-order valence-corrected chi connectivity index (χ1v) is 12.5. The Labute approximate surface area is 217 Å². The lowest BCUT2D eigenvalue weighted by atomic mass is 9.87. The largest absolute Gasteiger partial charge is 0.422 e. The van der Waals surface area contributed by atoms with Gasteiger partial charge in [0, 0.05) is 18.3 Å². The van der Waals surface area contributed by atoms with Gasteiger partial charge in [-0.1, -0.05) is 81.4 Å². The van der Waals surface area contributed by atoms with Crippen LogP contribution in [0.5, 0.6) is 5.75 Å². The van der Waals surface area contributed by atoms with E-state index in [1.54, 1.807) is 0 Å². The maximum Gasteiger partial charge on any atom is 0.343 e. The van der Waals surface area contributed by atoms with Gasteiger partial charge < -0.3 is 10.1 Å². The molecule has 186 valence electrons. The Morgan fingerprint density at radius 2 is 1.59 bits per heavy atom. The summed E-state index contributed by atoms with van der Waals surface area (Å²) < 4.78 is 7.99. The predicted octanol–water partition coefficient (Wildman–Crippen LogP) is 7.44. The molecule has 0 radical (unpaired) electrons. The van der Waals surface area contributed by atoms with Crippen LogP contribution in [0.1, 0.15) is 47.8 Å². The van der Waals surface area contributed by atoms with Crippen LogP contribution in [0.25, 0.3) is 16.9 Å². The van der Waals surface area contributed by atoms with Gasteiger partial charge in [0.15, 0.2) is 0 Å². The number of esters is 1. The summed E-state index contributed by atoms with van der Waals surface area (Å²) in [6.45, 7) is 9.13. The SMILES string of the molecule is Cc1cccn2c(NCc3ccccc3)c(-c3ccccc3OC(=O)c3ccc(C(C)(C)C)cc3)nc12. The Kier molecular flexibility index (Phi) is 6.53. The van der Waals surface area contributed by atoms with E-state index in [4.69, 9.17) is 9.72 Å². The van der Waals surface area contributed by atoms with E-state index >= 15 is 0 Å². The molecule has 0 saturated heterocycles. The molecule has 0 aliphatic heterocycles. The predicted molar refractivity (Wildman–Crippen MR) is 149 cm³/mol. The number of carbonyl (C=O) groups excluding carboxylic acids is 1. The number of benzene rings is 3. The average molecular weight is 490 g/mol. The van der Waals surface area contributed by atoms with Gasteiger partial charge in [-0.15, -0.1) is 0 Å². The van der Waals surface area contributed by atoms with Gasteiger partial charge >= 0.3 is 5.97 Å². The van der Waals surface area contributed by atoms with Gasteiger partial charge in [0.2, 0.25) is 0 Å². The number of carbonyl (C=O) groups is 1. The number of ether oxygens (including phenoxy) is 1. The standard InChI is InChI=1S/C32H31N3O2/c1-22-11-10-20-35-29(22)34-28(30(35)33-21-23-12-6-5-7-13-23)26-14-8-9-15-27(26)37-31(36)24-16-18-25(19-17-24)32(2,3)4/h5-20,33H,21H2,1-4H3. The van der Waals surface area contributed by atoms with Crippen LogP contribution in [-0.2, 0) is 12.0 Å². The summed E-state index contributed by atoms with van der Waals surface area (Å²) in [6.07, 6.45) is 2.00. The molecule has 2 heterocycles. The van der Waals surface area contributed by atoms with E-state index in [0.717, 1.165) is 33.8 Å². The first-order chi connectivity index (χ1) is 17.8. The molecule has 5 nitrogen and oxygen atoms in total. The number of anilines is 1. The monoisotopic (exact) mass is 489 g/mol. The number of nitrogens with zero attached hydrogens (tertiary/aromatic N) is 2. The molecule has 5 rings (SSSR count). The number of aromatic nitrogens is 2. The quantitative estimate of drug-likeness (QED) is 0.199. The number of nitrogens with one attached hydrogen (secondary N) is 1. The van der Waals surface area contributed by atoms with Crippen molar-refractivity contribution in [2.75, 3.05) is 5.32 Å². The van der Waals surface area contributed by atoms with E-state index in [2.05, 4.69) is 42.6 Å². The summed E-state index contributed by atoms with van der Waals surface area (Å²) in [4.78, 5) is 18.1. The van der Waals surface area contributed by atoms with Gasteiger partial charge in [-0.2, -0.15) is 0 Å². The lowest BCUT2D eigenvalue weighted by Gasteiger charge is -2.19. The minimum atomic E-state index is -0.397. The Hall–Kier alpha value is -4.38. The second-order valence-corrected chi connectivity index (χ2v) is 10.2. The molecule has 0 saturated carbocycles. The number of rotatable bonds is 6. The molecule has 0 atom stereocenters. The molecule has 5 heteroatoms. The van der Waals surface area contributed by atoms with Crippen LogP contribution in [0.3, 0.4) is 0 Å². The Morgan fingerprint density at radius 3 is 2.32 bits per heavy atom. The zero-order valence-corrected chi connectivity index (χ0v) is 21.7. The molecule has 0 unspecified atom stereocenters.